The summed E-state index contributed by atoms with van der Waals surface area (Å²) < 4.78 is 5.27. The third-order valence-electron chi connectivity index (χ3n) is 4.23. The number of rotatable bonds is 3. The van der Waals surface area contributed by atoms with Crippen molar-refractivity contribution in [1.82, 2.24) is 4.98 Å². The normalized spacial score (nSPS) is 11.8. The number of benzene rings is 2. The van der Waals surface area contributed by atoms with Gasteiger partial charge in [0.2, 0.25) is 0 Å². The predicted molar refractivity (Wildman–Crippen MR) is 93.6 cm³/mol. The summed E-state index contributed by atoms with van der Waals surface area (Å²) in [6.07, 6.45) is 0. The van der Waals surface area contributed by atoms with E-state index in [0.717, 1.165) is 27.4 Å². The molecule has 0 atom stereocenters. The van der Waals surface area contributed by atoms with Crippen LogP contribution in [0.15, 0.2) is 42.5 Å². The van der Waals surface area contributed by atoms with Crippen molar-refractivity contribution in [3.63, 3.8) is 0 Å². The Kier molecular flexibility index (Phi) is 3.80. The number of pyridine rings is 1. The van der Waals surface area contributed by atoms with Crippen molar-refractivity contribution >= 4 is 27.6 Å². The molecule has 118 valence electrons. The zero-order valence-electron chi connectivity index (χ0n) is 14.0. The highest BCUT2D eigenvalue weighted by Gasteiger charge is 2.35. The molecule has 0 fully saturated rings. The lowest BCUT2D eigenvalue weighted by molar-refractivity contribution is -0.148. The van der Waals surface area contributed by atoms with Crippen molar-refractivity contribution < 1.29 is 9.53 Å². The van der Waals surface area contributed by atoms with Gasteiger partial charge in [0.05, 0.1) is 17.8 Å². The molecule has 0 saturated carbocycles. The minimum Gasteiger partial charge on any atom is -0.465 e. The molecule has 3 heteroatoms. The maximum atomic E-state index is 12.4. The summed E-state index contributed by atoms with van der Waals surface area (Å²) in [6, 6.07) is 14.3. The van der Waals surface area contributed by atoms with Crippen LogP contribution in [-0.4, -0.2) is 17.6 Å². The van der Waals surface area contributed by atoms with Gasteiger partial charge < -0.3 is 4.74 Å². The van der Waals surface area contributed by atoms with Crippen molar-refractivity contribution in [2.75, 3.05) is 6.61 Å². The van der Waals surface area contributed by atoms with Crippen LogP contribution >= 0.6 is 0 Å². The average Bonchev–Trinajstić information content (AvgIpc) is 2.54. The summed E-state index contributed by atoms with van der Waals surface area (Å²) in [6.45, 7) is 8.02. The predicted octanol–water partition coefficient (Wildman–Crippen LogP) is 4.54. The summed E-state index contributed by atoms with van der Waals surface area (Å²) in [4.78, 5) is 17.3. The largest absolute Gasteiger partial charge is 0.465 e. The minimum atomic E-state index is -0.798. The third kappa shape index (κ3) is 2.56. The third-order valence-corrected chi connectivity index (χ3v) is 4.23. The molecule has 23 heavy (non-hydrogen) atoms. The summed E-state index contributed by atoms with van der Waals surface area (Å²) in [5.41, 5.74) is 2.06. The van der Waals surface area contributed by atoms with E-state index in [2.05, 4.69) is 31.2 Å². The lowest BCUT2D eigenvalue weighted by Gasteiger charge is -2.24. The van der Waals surface area contributed by atoms with Crippen molar-refractivity contribution in [1.29, 1.82) is 0 Å². The first-order valence-corrected chi connectivity index (χ1v) is 7.92. The number of hydrogen-bond donors (Lipinski definition) is 0. The Bertz CT molecular complexity index is 897. The van der Waals surface area contributed by atoms with Crippen LogP contribution in [0.2, 0.25) is 0 Å². The van der Waals surface area contributed by atoms with Gasteiger partial charge in [-0.3, -0.25) is 9.78 Å². The van der Waals surface area contributed by atoms with E-state index < -0.39 is 5.41 Å². The van der Waals surface area contributed by atoms with Gasteiger partial charge in [-0.05, 0) is 39.1 Å². The Morgan fingerprint density at radius 3 is 2.57 bits per heavy atom. The van der Waals surface area contributed by atoms with Gasteiger partial charge in [-0.25, -0.2) is 0 Å². The Balaban J connectivity index is 2.37. The van der Waals surface area contributed by atoms with Crippen molar-refractivity contribution in [2.24, 2.45) is 0 Å². The van der Waals surface area contributed by atoms with Gasteiger partial charge in [0.15, 0.2) is 0 Å². The maximum absolute atomic E-state index is 12.4. The Morgan fingerprint density at radius 1 is 1.09 bits per heavy atom. The quantitative estimate of drug-likeness (QED) is 0.527. The van der Waals surface area contributed by atoms with Crippen LogP contribution in [0.25, 0.3) is 21.7 Å². The zero-order valence-corrected chi connectivity index (χ0v) is 14.0. The van der Waals surface area contributed by atoms with E-state index in [-0.39, 0.29) is 5.97 Å². The van der Waals surface area contributed by atoms with E-state index >= 15 is 0 Å². The number of ether oxygens (including phenoxy) is 1. The Labute approximate surface area is 136 Å². The van der Waals surface area contributed by atoms with Crippen LogP contribution < -0.4 is 0 Å². The van der Waals surface area contributed by atoms with Gasteiger partial charge in [-0.1, -0.05) is 42.0 Å². The van der Waals surface area contributed by atoms with E-state index in [0.29, 0.717) is 6.61 Å². The lowest BCUT2D eigenvalue weighted by atomic mass is 9.85. The monoisotopic (exact) mass is 307 g/mol. The standard InChI is InChI=1S/C20H21NO2/c1-5-23-19(22)20(3,4)18-15-11-10-13(2)12-16(15)14-8-6-7-9-17(14)21-18/h6-12H,5H2,1-4H3. The molecular formula is C20H21NO2. The number of fused-ring (bicyclic) bond motifs is 3. The van der Waals surface area contributed by atoms with E-state index in [1.807, 2.05) is 39.0 Å². The molecule has 3 rings (SSSR count). The topological polar surface area (TPSA) is 39.2 Å². The highest BCUT2D eigenvalue weighted by Crippen LogP contribution is 2.34. The molecule has 0 N–H and O–H groups in total. The number of carbonyl (C=O) groups excluding carboxylic acids is 1. The van der Waals surface area contributed by atoms with Crippen molar-refractivity contribution in [3.05, 3.63) is 53.7 Å². The average molecular weight is 307 g/mol. The number of nitrogens with zero attached hydrogens (tertiary/aromatic N) is 1. The molecule has 0 unspecified atom stereocenters. The molecule has 2 aromatic carbocycles. The summed E-state index contributed by atoms with van der Waals surface area (Å²) in [5, 5.41) is 3.24. The molecular weight excluding hydrogens is 286 g/mol. The van der Waals surface area contributed by atoms with Gasteiger partial charge in [0.1, 0.15) is 5.41 Å². The number of aryl methyl sites for hydroxylation is 1. The molecule has 3 nitrogen and oxygen atoms in total. The zero-order chi connectivity index (χ0) is 16.6. The van der Waals surface area contributed by atoms with E-state index in [1.165, 1.54) is 5.56 Å². The first-order chi connectivity index (χ1) is 10.9. The second-order valence-electron chi connectivity index (χ2n) is 6.37. The number of carbonyl (C=O) groups is 1. The van der Waals surface area contributed by atoms with Crippen LogP contribution in [0.5, 0.6) is 0 Å². The molecule has 1 heterocycles. The first kappa shape index (κ1) is 15.5. The molecule has 0 amide bonds. The summed E-state index contributed by atoms with van der Waals surface area (Å²) >= 11 is 0. The van der Waals surface area contributed by atoms with E-state index in [1.54, 1.807) is 0 Å². The number of aromatic nitrogens is 1. The molecule has 3 aromatic rings. The van der Waals surface area contributed by atoms with Gasteiger partial charge in [0.25, 0.3) is 0 Å². The smallest absolute Gasteiger partial charge is 0.317 e. The number of hydrogen-bond acceptors (Lipinski definition) is 3. The van der Waals surface area contributed by atoms with Crippen LogP contribution in [0.4, 0.5) is 0 Å². The highest BCUT2D eigenvalue weighted by molar-refractivity contribution is 6.08. The maximum Gasteiger partial charge on any atom is 0.317 e. The SMILES string of the molecule is CCOC(=O)C(C)(C)c1nc2ccccc2c2cc(C)ccc12. The molecule has 0 bridgehead atoms. The fraction of sp³-hybridized carbons (Fsp3) is 0.300. The van der Waals surface area contributed by atoms with Gasteiger partial charge in [-0.15, -0.1) is 0 Å². The first-order valence-electron chi connectivity index (χ1n) is 7.92. The van der Waals surface area contributed by atoms with Crippen molar-refractivity contribution in [2.45, 2.75) is 33.1 Å². The second-order valence-corrected chi connectivity index (χ2v) is 6.37. The van der Waals surface area contributed by atoms with Crippen LogP contribution in [0.3, 0.4) is 0 Å². The van der Waals surface area contributed by atoms with Gasteiger partial charge in [0, 0.05) is 10.8 Å². The Morgan fingerprint density at radius 2 is 1.83 bits per heavy atom. The molecule has 0 aliphatic rings. The van der Waals surface area contributed by atoms with Gasteiger partial charge >= 0.3 is 5.97 Å². The summed E-state index contributed by atoms with van der Waals surface area (Å²) in [5.74, 6) is -0.246. The fourth-order valence-electron chi connectivity index (χ4n) is 2.95. The minimum absolute atomic E-state index is 0.246. The second kappa shape index (κ2) is 5.65. The fourth-order valence-corrected chi connectivity index (χ4v) is 2.95. The molecule has 0 saturated heterocycles. The molecule has 0 aliphatic carbocycles. The van der Waals surface area contributed by atoms with Gasteiger partial charge in [-0.2, -0.15) is 0 Å². The lowest BCUT2D eigenvalue weighted by Crippen LogP contribution is -2.32. The molecule has 0 radical (unpaired) electrons. The van der Waals surface area contributed by atoms with Crippen LogP contribution in [0.1, 0.15) is 32.0 Å². The van der Waals surface area contributed by atoms with Crippen LogP contribution in [0, 0.1) is 6.92 Å². The molecule has 0 aliphatic heterocycles. The number of esters is 1. The number of para-hydroxylation sites is 1. The van der Waals surface area contributed by atoms with Crippen LogP contribution in [-0.2, 0) is 14.9 Å². The molecule has 1 aromatic heterocycles. The van der Waals surface area contributed by atoms with E-state index in [4.69, 9.17) is 9.72 Å². The molecule has 0 spiro atoms. The van der Waals surface area contributed by atoms with E-state index in [9.17, 15) is 4.79 Å². The highest BCUT2D eigenvalue weighted by atomic mass is 16.5. The Hall–Kier alpha value is -2.42. The summed E-state index contributed by atoms with van der Waals surface area (Å²) in [7, 11) is 0. The van der Waals surface area contributed by atoms with Crippen molar-refractivity contribution in [3.8, 4) is 0 Å².